The molecule has 3 aromatic rings. The lowest BCUT2D eigenvalue weighted by atomic mass is 10.0. The van der Waals surface area contributed by atoms with Gasteiger partial charge in [0.15, 0.2) is 0 Å². The molecule has 0 bridgehead atoms. The molecule has 1 unspecified atom stereocenters. The van der Waals surface area contributed by atoms with Crippen molar-refractivity contribution < 1.29 is 9.53 Å². The zero-order valence-electron chi connectivity index (χ0n) is 20.6. The topological polar surface area (TPSA) is 47.4 Å². The van der Waals surface area contributed by atoms with Crippen LogP contribution in [0.1, 0.15) is 82.0 Å². The second-order valence-electron chi connectivity index (χ2n) is 10.3. The van der Waals surface area contributed by atoms with Crippen molar-refractivity contribution in [2.45, 2.75) is 83.2 Å². The molecule has 0 N–H and O–H groups in total. The molecule has 1 aliphatic heterocycles. The van der Waals surface area contributed by atoms with Gasteiger partial charge in [-0.2, -0.15) is 0 Å². The molecule has 0 radical (unpaired) electrons. The van der Waals surface area contributed by atoms with Gasteiger partial charge in [-0.05, 0) is 61.4 Å². The van der Waals surface area contributed by atoms with E-state index in [2.05, 4.69) is 65.8 Å². The number of imidazole rings is 1. The Balaban J connectivity index is 1.22. The van der Waals surface area contributed by atoms with Crippen molar-refractivity contribution in [1.82, 2.24) is 14.5 Å². The number of aromatic nitrogens is 2. The molecule has 5 rings (SSSR count). The third-order valence-corrected chi connectivity index (χ3v) is 7.56. The van der Waals surface area contributed by atoms with Gasteiger partial charge < -0.3 is 14.2 Å². The number of hydrogen-bond acceptors (Lipinski definition) is 3. The number of amides is 1. The van der Waals surface area contributed by atoms with Crippen LogP contribution >= 0.6 is 0 Å². The van der Waals surface area contributed by atoms with E-state index < -0.39 is 0 Å². The summed E-state index contributed by atoms with van der Waals surface area (Å²) in [5, 5.41) is 0. The zero-order valence-corrected chi connectivity index (χ0v) is 20.6. The summed E-state index contributed by atoms with van der Waals surface area (Å²) in [6, 6.07) is 17.3. The molecular weight excluding hydrogens is 422 g/mol. The van der Waals surface area contributed by atoms with Crippen molar-refractivity contribution >= 4 is 16.9 Å². The highest BCUT2D eigenvalue weighted by Crippen LogP contribution is 2.35. The lowest BCUT2D eigenvalue weighted by Crippen LogP contribution is -2.34. The maximum atomic E-state index is 12.8. The van der Waals surface area contributed by atoms with Gasteiger partial charge in [0.2, 0.25) is 5.91 Å². The Kier molecular flexibility index (Phi) is 6.89. The molecule has 1 atom stereocenters. The number of carbonyl (C=O) groups is 1. The van der Waals surface area contributed by atoms with Gasteiger partial charge in [-0.1, -0.05) is 51.0 Å². The van der Waals surface area contributed by atoms with Crippen molar-refractivity contribution in [2.24, 2.45) is 0 Å². The lowest BCUT2D eigenvalue weighted by molar-refractivity contribution is -0.129. The minimum absolute atomic E-state index is 0.191. The monoisotopic (exact) mass is 459 g/mol. The minimum atomic E-state index is 0.191. The molecule has 5 nitrogen and oxygen atoms in total. The number of nitrogens with zero attached hydrogens (tertiary/aromatic N) is 3. The maximum absolute atomic E-state index is 12.8. The molecule has 34 heavy (non-hydrogen) atoms. The fraction of sp³-hybridized carbons (Fsp3) is 0.517. The van der Waals surface area contributed by atoms with E-state index in [1.807, 2.05) is 6.07 Å². The van der Waals surface area contributed by atoms with Crippen molar-refractivity contribution in [1.29, 1.82) is 0 Å². The summed E-state index contributed by atoms with van der Waals surface area (Å²) in [6.07, 6.45) is 7.42. The predicted octanol–water partition coefficient (Wildman–Crippen LogP) is 6.28. The summed E-state index contributed by atoms with van der Waals surface area (Å²) in [5.41, 5.74) is 3.55. The normalized spacial score (nSPS) is 19.1. The maximum Gasteiger partial charge on any atom is 0.223 e. The first-order valence-electron chi connectivity index (χ1n) is 13.1. The number of ether oxygens (including phenoxy) is 1. The molecule has 180 valence electrons. The van der Waals surface area contributed by atoms with Gasteiger partial charge in [0.1, 0.15) is 11.6 Å². The fourth-order valence-electron chi connectivity index (χ4n) is 5.63. The van der Waals surface area contributed by atoms with E-state index in [4.69, 9.17) is 9.72 Å². The Labute approximate surface area is 203 Å². The van der Waals surface area contributed by atoms with E-state index in [9.17, 15) is 4.79 Å². The fourth-order valence-corrected chi connectivity index (χ4v) is 5.63. The van der Waals surface area contributed by atoms with E-state index in [0.717, 1.165) is 55.9 Å². The first-order chi connectivity index (χ1) is 16.6. The zero-order chi connectivity index (χ0) is 23.5. The van der Waals surface area contributed by atoms with Crippen LogP contribution in [0, 0.1) is 0 Å². The highest BCUT2D eigenvalue weighted by atomic mass is 16.5. The Bertz CT molecular complexity index is 1110. The average molecular weight is 460 g/mol. The van der Waals surface area contributed by atoms with Crippen LogP contribution in [0.2, 0.25) is 0 Å². The molecular formula is C29H37N3O2. The lowest BCUT2D eigenvalue weighted by Gasteiger charge is -2.24. The van der Waals surface area contributed by atoms with Crippen LogP contribution in [0.4, 0.5) is 0 Å². The van der Waals surface area contributed by atoms with Gasteiger partial charge in [-0.15, -0.1) is 0 Å². The van der Waals surface area contributed by atoms with Crippen LogP contribution in [-0.2, 0) is 11.3 Å². The molecule has 2 aromatic carbocycles. The highest BCUT2D eigenvalue weighted by molar-refractivity contribution is 5.81. The summed E-state index contributed by atoms with van der Waals surface area (Å²) >= 11 is 0. The Hall–Kier alpha value is -2.82. The Morgan fingerprint density at radius 3 is 2.56 bits per heavy atom. The van der Waals surface area contributed by atoms with E-state index in [1.165, 1.54) is 23.9 Å². The number of para-hydroxylation sites is 2. The molecule has 2 aliphatic rings. The number of likely N-dealkylation sites (tertiary alicyclic amines) is 1. The SMILES string of the molecule is CC(C)c1ccc(OCCCCn2c(C3CC(=O)N(C4CCCC4)C3)nc3ccccc32)cc1. The van der Waals surface area contributed by atoms with Crippen molar-refractivity contribution in [3.8, 4) is 5.75 Å². The number of fused-ring (bicyclic) bond motifs is 1. The van der Waals surface area contributed by atoms with Crippen molar-refractivity contribution in [3.63, 3.8) is 0 Å². The van der Waals surface area contributed by atoms with Crippen molar-refractivity contribution in [3.05, 3.63) is 59.9 Å². The molecule has 5 heteroatoms. The van der Waals surface area contributed by atoms with Gasteiger partial charge >= 0.3 is 0 Å². The number of benzene rings is 2. The summed E-state index contributed by atoms with van der Waals surface area (Å²) in [4.78, 5) is 20.0. The van der Waals surface area contributed by atoms with E-state index in [1.54, 1.807) is 0 Å². The third-order valence-electron chi connectivity index (χ3n) is 7.56. The number of aryl methyl sites for hydroxylation is 1. The summed E-state index contributed by atoms with van der Waals surface area (Å²) in [6.45, 7) is 6.84. The molecule has 1 saturated heterocycles. The number of rotatable bonds is 9. The standard InChI is InChI=1S/C29H37N3O2/c1-21(2)22-13-15-25(16-14-22)34-18-8-7-17-31-27-12-6-5-11-26(27)30-29(31)23-19-28(33)32(20-23)24-9-3-4-10-24/h5-6,11-16,21,23-24H,3-4,7-10,17-20H2,1-2H3. The van der Waals surface area contributed by atoms with Gasteiger partial charge in [0.25, 0.3) is 0 Å². The van der Waals surface area contributed by atoms with Gasteiger partial charge in [0, 0.05) is 31.5 Å². The first-order valence-corrected chi connectivity index (χ1v) is 13.1. The molecule has 1 saturated carbocycles. The second kappa shape index (κ2) is 10.2. The van der Waals surface area contributed by atoms with Crippen LogP contribution in [0.5, 0.6) is 5.75 Å². The number of hydrogen-bond donors (Lipinski definition) is 0. The largest absolute Gasteiger partial charge is 0.494 e. The number of carbonyl (C=O) groups excluding carboxylic acids is 1. The van der Waals surface area contributed by atoms with Crippen LogP contribution in [0.3, 0.4) is 0 Å². The molecule has 1 amide bonds. The van der Waals surface area contributed by atoms with Crippen LogP contribution < -0.4 is 4.74 Å². The van der Waals surface area contributed by atoms with Gasteiger partial charge in [-0.25, -0.2) is 4.98 Å². The van der Waals surface area contributed by atoms with Crippen LogP contribution in [-0.4, -0.2) is 39.6 Å². The van der Waals surface area contributed by atoms with Crippen LogP contribution in [0.25, 0.3) is 11.0 Å². The second-order valence-corrected chi connectivity index (χ2v) is 10.3. The summed E-state index contributed by atoms with van der Waals surface area (Å²) in [5.74, 6) is 3.06. The minimum Gasteiger partial charge on any atom is -0.494 e. The Morgan fingerprint density at radius 1 is 1.03 bits per heavy atom. The van der Waals surface area contributed by atoms with E-state index >= 15 is 0 Å². The predicted molar refractivity (Wildman–Crippen MR) is 136 cm³/mol. The average Bonchev–Trinajstić information content (AvgIpc) is 3.58. The van der Waals surface area contributed by atoms with Gasteiger partial charge in [0.05, 0.1) is 17.6 Å². The van der Waals surface area contributed by atoms with Crippen molar-refractivity contribution in [2.75, 3.05) is 13.2 Å². The molecule has 1 aromatic heterocycles. The van der Waals surface area contributed by atoms with Gasteiger partial charge in [-0.3, -0.25) is 4.79 Å². The molecule has 2 heterocycles. The number of unbranched alkanes of at least 4 members (excludes halogenated alkanes) is 1. The van der Waals surface area contributed by atoms with Crippen LogP contribution in [0.15, 0.2) is 48.5 Å². The van der Waals surface area contributed by atoms with E-state index in [0.29, 0.717) is 30.9 Å². The molecule has 2 fully saturated rings. The first kappa shape index (κ1) is 22.9. The Morgan fingerprint density at radius 2 is 1.79 bits per heavy atom. The van der Waals surface area contributed by atoms with E-state index in [-0.39, 0.29) is 5.92 Å². The quantitative estimate of drug-likeness (QED) is 0.354. The third kappa shape index (κ3) is 4.84. The molecule has 0 spiro atoms. The summed E-state index contributed by atoms with van der Waals surface area (Å²) in [7, 11) is 0. The smallest absolute Gasteiger partial charge is 0.223 e. The summed E-state index contributed by atoms with van der Waals surface area (Å²) < 4.78 is 8.35. The highest BCUT2D eigenvalue weighted by Gasteiger charge is 2.38. The molecule has 1 aliphatic carbocycles.